The van der Waals surface area contributed by atoms with Gasteiger partial charge in [-0.15, -0.1) is 0 Å². The Bertz CT molecular complexity index is 589. The summed E-state index contributed by atoms with van der Waals surface area (Å²) in [6.07, 6.45) is 2.58. The summed E-state index contributed by atoms with van der Waals surface area (Å²) >= 11 is 0. The quantitative estimate of drug-likeness (QED) is 0.644. The Morgan fingerprint density at radius 3 is 2.89 bits per heavy atom. The number of hydrogen-bond donors (Lipinski definition) is 2. The predicted octanol–water partition coefficient (Wildman–Crippen LogP) is 1.39. The largest absolute Gasteiger partial charge is 0.459 e. The number of rotatable bonds is 4. The summed E-state index contributed by atoms with van der Waals surface area (Å²) in [5.41, 5.74) is 2.17. The highest BCUT2D eigenvalue weighted by atomic mass is 16.5. The predicted molar refractivity (Wildman–Crippen MR) is 71.6 cm³/mol. The number of hydrogen-bond acceptors (Lipinski definition) is 3. The summed E-state index contributed by atoms with van der Waals surface area (Å²) in [6.45, 7) is 2.27. The molecule has 0 unspecified atom stereocenters. The van der Waals surface area contributed by atoms with Crippen molar-refractivity contribution in [3.63, 3.8) is 0 Å². The van der Waals surface area contributed by atoms with Gasteiger partial charge in [-0.25, -0.2) is 4.79 Å². The summed E-state index contributed by atoms with van der Waals surface area (Å²) in [7, 11) is 0. The van der Waals surface area contributed by atoms with Gasteiger partial charge in [0.1, 0.15) is 0 Å². The molecule has 5 nitrogen and oxygen atoms in total. The third kappa shape index (κ3) is 3.13. The number of carbonyl (C=O) groups excluding carboxylic acids is 2. The average Bonchev–Trinajstić information content (AvgIpc) is 2.82. The second-order valence-corrected chi connectivity index (χ2v) is 4.09. The number of para-hydroxylation sites is 1. The lowest BCUT2D eigenvalue weighted by molar-refractivity contribution is -0.154. The summed E-state index contributed by atoms with van der Waals surface area (Å²) in [4.78, 5) is 25.6. The van der Waals surface area contributed by atoms with Crippen LogP contribution in [0.2, 0.25) is 0 Å². The number of amides is 1. The molecule has 0 radical (unpaired) electrons. The Morgan fingerprint density at radius 2 is 2.11 bits per heavy atom. The first kappa shape index (κ1) is 13.1. The molecule has 100 valence electrons. The molecule has 19 heavy (non-hydrogen) atoms. The number of ether oxygens (including phenoxy) is 1. The minimum atomic E-state index is -0.832. The molecule has 2 rings (SSSR count). The van der Waals surface area contributed by atoms with Crippen molar-refractivity contribution in [1.29, 1.82) is 0 Å². The van der Waals surface area contributed by atoms with Gasteiger partial charge in [0.2, 0.25) is 0 Å². The molecule has 1 aromatic heterocycles. The molecule has 2 aromatic rings. The van der Waals surface area contributed by atoms with Crippen LogP contribution in [-0.2, 0) is 20.7 Å². The molecule has 1 amide bonds. The molecule has 0 atom stereocenters. The van der Waals surface area contributed by atoms with Gasteiger partial charge in [0, 0.05) is 23.6 Å². The molecule has 1 heterocycles. The zero-order valence-corrected chi connectivity index (χ0v) is 10.7. The van der Waals surface area contributed by atoms with Crippen LogP contribution < -0.4 is 5.32 Å². The van der Waals surface area contributed by atoms with Crippen molar-refractivity contribution < 1.29 is 14.3 Å². The lowest BCUT2D eigenvalue weighted by Gasteiger charge is -2.04. The van der Waals surface area contributed by atoms with Crippen LogP contribution in [0.1, 0.15) is 12.5 Å². The number of esters is 1. The summed E-state index contributed by atoms with van der Waals surface area (Å²) < 4.78 is 4.60. The van der Waals surface area contributed by atoms with Gasteiger partial charge in [-0.2, -0.15) is 0 Å². The molecule has 5 heteroatoms. The first-order valence-electron chi connectivity index (χ1n) is 6.22. The molecule has 0 aliphatic rings. The minimum absolute atomic E-state index is 0.203. The first-order chi connectivity index (χ1) is 9.22. The topological polar surface area (TPSA) is 71.2 Å². The van der Waals surface area contributed by atoms with Crippen LogP contribution >= 0.6 is 0 Å². The van der Waals surface area contributed by atoms with Crippen molar-refractivity contribution in [2.24, 2.45) is 0 Å². The highest BCUT2D eigenvalue weighted by Gasteiger charge is 2.13. The van der Waals surface area contributed by atoms with E-state index in [2.05, 4.69) is 15.0 Å². The van der Waals surface area contributed by atoms with Crippen molar-refractivity contribution in [3.05, 3.63) is 36.0 Å². The number of H-pyrrole nitrogens is 1. The van der Waals surface area contributed by atoms with E-state index in [-0.39, 0.29) is 6.61 Å². The van der Waals surface area contributed by atoms with Gasteiger partial charge in [0.15, 0.2) is 0 Å². The molecular formula is C14H16N2O3. The van der Waals surface area contributed by atoms with Crippen LogP contribution in [0.15, 0.2) is 30.5 Å². The normalized spacial score (nSPS) is 10.4. The molecule has 1 aromatic carbocycles. The molecule has 0 aliphatic carbocycles. The molecular weight excluding hydrogens is 244 g/mol. The number of fused-ring (bicyclic) bond motifs is 1. The number of aromatic amines is 1. The molecule has 0 saturated carbocycles. The fraction of sp³-hybridized carbons (Fsp3) is 0.286. The van der Waals surface area contributed by atoms with E-state index < -0.39 is 11.9 Å². The Morgan fingerprint density at radius 1 is 1.32 bits per heavy atom. The third-order valence-corrected chi connectivity index (χ3v) is 2.82. The Balaban J connectivity index is 1.89. The van der Waals surface area contributed by atoms with Crippen LogP contribution in [0.25, 0.3) is 10.9 Å². The van der Waals surface area contributed by atoms with Gasteiger partial charge >= 0.3 is 11.9 Å². The second kappa shape index (κ2) is 6.04. The Kier molecular flexibility index (Phi) is 4.18. The fourth-order valence-electron chi connectivity index (χ4n) is 1.92. The molecule has 0 saturated heterocycles. The number of nitrogens with one attached hydrogen (secondary N) is 2. The van der Waals surface area contributed by atoms with Gasteiger partial charge in [-0.3, -0.25) is 4.79 Å². The van der Waals surface area contributed by atoms with Crippen molar-refractivity contribution in [2.45, 2.75) is 13.3 Å². The Hall–Kier alpha value is -2.30. The van der Waals surface area contributed by atoms with Gasteiger partial charge in [0.05, 0.1) is 6.61 Å². The smallest absolute Gasteiger partial charge is 0.396 e. The van der Waals surface area contributed by atoms with E-state index in [0.717, 1.165) is 16.5 Å². The number of aromatic nitrogens is 1. The SMILES string of the molecule is CCOC(=O)C(=O)NCCc1c[nH]c2ccccc12. The van der Waals surface area contributed by atoms with Gasteiger partial charge in [-0.1, -0.05) is 18.2 Å². The Labute approximate surface area is 110 Å². The van der Waals surface area contributed by atoms with Crippen LogP contribution in [-0.4, -0.2) is 30.0 Å². The van der Waals surface area contributed by atoms with Crippen molar-refractivity contribution >= 4 is 22.8 Å². The lowest BCUT2D eigenvalue weighted by atomic mass is 10.1. The van der Waals surface area contributed by atoms with Crippen LogP contribution in [0.3, 0.4) is 0 Å². The van der Waals surface area contributed by atoms with Crippen LogP contribution in [0, 0.1) is 0 Å². The molecule has 0 fully saturated rings. The zero-order chi connectivity index (χ0) is 13.7. The van der Waals surface area contributed by atoms with Gasteiger partial charge < -0.3 is 15.0 Å². The van der Waals surface area contributed by atoms with Gasteiger partial charge in [-0.05, 0) is 25.0 Å². The van der Waals surface area contributed by atoms with E-state index in [1.54, 1.807) is 6.92 Å². The maximum Gasteiger partial charge on any atom is 0.396 e. The molecule has 0 bridgehead atoms. The van der Waals surface area contributed by atoms with Crippen molar-refractivity contribution in [2.75, 3.05) is 13.2 Å². The van der Waals surface area contributed by atoms with E-state index >= 15 is 0 Å². The summed E-state index contributed by atoms with van der Waals surface area (Å²) in [5.74, 6) is -1.52. The number of benzene rings is 1. The number of carbonyl (C=O) groups is 2. The standard InChI is InChI=1S/C14H16N2O3/c1-2-19-14(18)13(17)15-8-7-10-9-16-12-6-4-3-5-11(10)12/h3-6,9,16H,2,7-8H2,1H3,(H,15,17). The lowest BCUT2D eigenvalue weighted by Crippen LogP contribution is -2.33. The first-order valence-corrected chi connectivity index (χ1v) is 6.22. The van der Waals surface area contributed by atoms with E-state index in [4.69, 9.17) is 0 Å². The maximum atomic E-state index is 11.3. The van der Waals surface area contributed by atoms with E-state index in [9.17, 15) is 9.59 Å². The van der Waals surface area contributed by atoms with E-state index in [0.29, 0.717) is 13.0 Å². The average molecular weight is 260 g/mol. The fourth-order valence-corrected chi connectivity index (χ4v) is 1.92. The van der Waals surface area contributed by atoms with Crippen LogP contribution in [0.5, 0.6) is 0 Å². The summed E-state index contributed by atoms with van der Waals surface area (Å²) in [5, 5.41) is 3.68. The molecule has 2 N–H and O–H groups in total. The van der Waals surface area contributed by atoms with Crippen molar-refractivity contribution in [3.8, 4) is 0 Å². The monoisotopic (exact) mass is 260 g/mol. The molecule has 0 aliphatic heterocycles. The maximum absolute atomic E-state index is 11.3. The van der Waals surface area contributed by atoms with E-state index in [1.165, 1.54) is 0 Å². The highest BCUT2D eigenvalue weighted by molar-refractivity contribution is 6.32. The molecule has 0 spiro atoms. The van der Waals surface area contributed by atoms with Crippen LogP contribution in [0.4, 0.5) is 0 Å². The zero-order valence-electron chi connectivity index (χ0n) is 10.7. The third-order valence-electron chi connectivity index (χ3n) is 2.82. The summed E-state index contributed by atoms with van der Waals surface area (Å²) in [6, 6.07) is 7.95. The second-order valence-electron chi connectivity index (χ2n) is 4.09. The minimum Gasteiger partial charge on any atom is -0.459 e. The van der Waals surface area contributed by atoms with E-state index in [1.807, 2.05) is 30.5 Å². The highest BCUT2D eigenvalue weighted by Crippen LogP contribution is 2.17. The van der Waals surface area contributed by atoms with Gasteiger partial charge in [0.25, 0.3) is 0 Å². The van der Waals surface area contributed by atoms with Crippen molar-refractivity contribution in [1.82, 2.24) is 10.3 Å².